The van der Waals surface area contributed by atoms with Crippen molar-refractivity contribution in [2.45, 2.75) is 6.10 Å². The van der Waals surface area contributed by atoms with Gasteiger partial charge >= 0.3 is 5.97 Å². The van der Waals surface area contributed by atoms with Crippen molar-refractivity contribution in [3.8, 4) is 12.1 Å². The summed E-state index contributed by atoms with van der Waals surface area (Å²) in [5, 5.41) is 26.5. The van der Waals surface area contributed by atoms with Crippen molar-refractivity contribution in [1.82, 2.24) is 0 Å². The normalized spacial score (nSPS) is 12.1. The first-order chi connectivity index (χ1) is 8.62. The molecule has 5 nitrogen and oxygen atoms in total. The zero-order valence-electron chi connectivity index (χ0n) is 9.62. The van der Waals surface area contributed by atoms with Crippen LogP contribution in [0.5, 0.6) is 0 Å². The van der Waals surface area contributed by atoms with E-state index in [-0.39, 0.29) is 5.57 Å². The Balaban J connectivity index is 3.00. The highest BCUT2D eigenvalue weighted by Crippen LogP contribution is 2.11. The number of carbonyl (C=O) groups is 1. The van der Waals surface area contributed by atoms with Crippen molar-refractivity contribution in [3.05, 3.63) is 41.0 Å². The van der Waals surface area contributed by atoms with Gasteiger partial charge in [-0.1, -0.05) is 12.1 Å². The number of aliphatic hydroxyl groups excluding tert-OH is 1. The van der Waals surface area contributed by atoms with Crippen LogP contribution in [0.15, 0.2) is 29.8 Å². The minimum Gasteiger partial charge on any atom is -0.465 e. The highest BCUT2D eigenvalue weighted by molar-refractivity contribution is 5.89. The predicted molar refractivity (Wildman–Crippen MR) is 63.0 cm³/mol. The first kappa shape index (κ1) is 13.4. The summed E-state index contributed by atoms with van der Waals surface area (Å²) in [5.41, 5.74) is 0.936. The van der Waals surface area contributed by atoms with Crippen molar-refractivity contribution in [1.29, 1.82) is 10.5 Å². The second-order valence-electron chi connectivity index (χ2n) is 3.36. The van der Waals surface area contributed by atoms with Gasteiger partial charge in [0.05, 0.1) is 30.4 Å². The van der Waals surface area contributed by atoms with Crippen LogP contribution < -0.4 is 0 Å². The minimum atomic E-state index is -1.45. The van der Waals surface area contributed by atoms with E-state index in [1.165, 1.54) is 25.3 Å². The Morgan fingerprint density at radius 3 is 2.44 bits per heavy atom. The number of rotatable bonds is 3. The van der Waals surface area contributed by atoms with E-state index in [1.807, 2.05) is 0 Å². The number of esters is 1. The molecule has 18 heavy (non-hydrogen) atoms. The summed E-state index contributed by atoms with van der Waals surface area (Å²) in [6.45, 7) is 0. The number of benzene rings is 1. The van der Waals surface area contributed by atoms with Crippen LogP contribution in [0.4, 0.5) is 0 Å². The molecule has 1 rings (SSSR count). The lowest BCUT2D eigenvalue weighted by Crippen LogP contribution is -2.05. The molecule has 0 saturated carbocycles. The van der Waals surface area contributed by atoms with Gasteiger partial charge in [0.2, 0.25) is 0 Å². The summed E-state index contributed by atoms with van der Waals surface area (Å²) in [4.78, 5) is 11.2. The van der Waals surface area contributed by atoms with E-state index in [1.54, 1.807) is 24.3 Å². The number of carbonyl (C=O) groups excluding carboxylic acids is 1. The molecule has 0 aromatic heterocycles. The summed E-state index contributed by atoms with van der Waals surface area (Å²) in [6.07, 6.45) is -0.0649. The Morgan fingerprint density at radius 1 is 1.39 bits per heavy atom. The molecule has 0 aliphatic carbocycles. The average molecular weight is 242 g/mol. The Hall–Kier alpha value is -2.63. The first-order valence-electron chi connectivity index (χ1n) is 5.00. The lowest BCUT2D eigenvalue weighted by atomic mass is 10.1. The molecule has 0 aliphatic heterocycles. The van der Waals surface area contributed by atoms with E-state index in [0.29, 0.717) is 11.1 Å². The SMILES string of the molecule is COC(=O)c1ccc(C=C(C#N)C(O)C#N)cc1. The van der Waals surface area contributed by atoms with Gasteiger partial charge in [0.1, 0.15) is 0 Å². The number of aliphatic hydroxyl groups is 1. The first-order valence-corrected chi connectivity index (χ1v) is 5.00. The zero-order valence-corrected chi connectivity index (χ0v) is 9.62. The van der Waals surface area contributed by atoms with Crippen LogP contribution in [0.3, 0.4) is 0 Å². The lowest BCUT2D eigenvalue weighted by Gasteiger charge is -2.01. The van der Waals surface area contributed by atoms with Gasteiger partial charge in [-0.3, -0.25) is 0 Å². The summed E-state index contributed by atoms with van der Waals surface area (Å²) in [6, 6.07) is 9.56. The molecule has 1 aromatic rings. The van der Waals surface area contributed by atoms with Crippen LogP contribution in [-0.4, -0.2) is 24.3 Å². The minimum absolute atomic E-state index is 0.0525. The zero-order chi connectivity index (χ0) is 13.5. The van der Waals surface area contributed by atoms with Crippen LogP contribution in [-0.2, 0) is 4.74 Å². The maximum atomic E-state index is 11.2. The van der Waals surface area contributed by atoms with Crippen molar-refractivity contribution in [2.75, 3.05) is 7.11 Å². The number of ether oxygens (including phenoxy) is 1. The molecule has 1 unspecified atom stereocenters. The number of hydrogen-bond donors (Lipinski definition) is 1. The molecule has 1 N–H and O–H groups in total. The van der Waals surface area contributed by atoms with Gasteiger partial charge in [-0.15, -0.1) is 0 Å². The molecule has 1 aromatic carbocycles. The summed E-state index contributed by atoms with van der Waals surface area (Å²) in [5.74, 6) is -0.455. The van der Waals surface area contributed by atoms with E-state index in [4.69, 9.17) is 10.5 Å². The van der Waals surface area contributed by atoms with Gasteiger partial charge in [0, 0.05) is 0 Å². The van der Waals surface area contributed by atoms with Gasteiger partial charge in [-0.25, -0.2) is 4.79 Å². The number of hydrogen-bond acceptors (Lipinski definition) is 5. The van der Waals surface area contributed by atoms with Gasteiger partial charge < -0.3 is 9.84 Å². The quantitative estimate of drug-likeness (QED) is 0.489. The fraction of sp³-hybridized carbons (Fsp3) is 0.154. The summed E-state index contributed by atoms with van der Waals surface area (Å²) >= 11 is 0. The van der Waals surface area contributed by atoms with Gasteiger partial charge in [-0.05, 0) is 23.8 Å². The molecular formula is C13H10N2O3. The highest BCUT2D eigenvalue weighted by Gasteiger charge is 2.09. The maximum Gasteiger partial charge on any atom is 0.337 e. The largest absolute Gasteiger partial charge is 0.465 e. The second kappa shape index (κ2) is 6.19. The summed E-state index contributed by atoms with van der Waals surface area (Å²) < 4.78 is 4.54. The van der Waals surface area contributed by atoms with E-state index >= 15 is 0 Å². The van der Waals surface area contributed by atoms with E-state index < -0.39 is 12.1 Å². The second-order valence-corrected chi connectivity index (χ2v) is 3.36. The van der Waals surface area contributed by atoms with Crippen LogP contribution in [0.2, 0.25) is 0 Å². The molecule has 0 fully saturated rings. The lowest BCUT2D eigenvalue weighted by molar-refractivity contribution is 0.0600. The van der Waals surface area contributed by atoms with Crippen molar-refractivity contribution < 1.29 is 14.6 Å². The van der Waals surface area contributed by atoms with Crippen molar-refractivity contribution in [2.24, 2.45) is 0 Å². The summed E-state index contributed by atoms with van der Waals surface area (Å²) in [7, 11) is 1.28. The number of nitriles is 2. The Morgan fingerprint density at radius 2 is 2.00 bits per heavy atom. The fourth-order valence-corrected chi connectivity index (χ4v) is 1.25. The van der Waals surface area contributed by atoms with Crippen LogP contribution in [0.1, 0.15) is 15.9 Å². The standard InChI is InChI=1S/C13H10N2O3/c1-18-13(17)10-4-2-9(3-5-10)6-11(7-14)12(16)8-15/h2-6,12,16H,1H3. The van der Waals surface area contributed by atoms with Gasteiger partial charge in [-0.2, -0.15) is 10.5 Å². The van der Waals surface area contributed by atoms with Crippen LogP contribution in [0.25, 0.3) is 6.08 Å². The third-order valence-electron chi connectivity index (χ3n) is 2.20. The van der Waals surface area contributed by atoms with E-state index in [2.05, 4.69) is 4.74 Å². The van der Waals surface area contributed by atoms with Crippen LogP contribution in [0, 0.1) is 22.7 Å². The van der Waals surface area contributed by atoms with Crippen molar-refractivity contribution >= 4 is 12.0 Å². The van der Waals surface area contributed by atoms with E-state index in [0.717, 1.165) is 0 Å². The Kier molecular flexibility index (Phi) is 4.62. The molecular weight excluding hydrogens is 232 g/mol. The molecule has 90 valence electrons. The molecule has 5 heteroatoms. The van der Waals surface area contributed by atoms with Crippen LogP contribution >= 0.6 is 0 Å². The molecule has 0 amide bonds. The molecule has 0 bridgehead atoms. The smallest absolute Gasteiger partial charge is 0.337 e. The molecule has 0 aliphatic rings. The molecule has 0 heterocycles. The molecule has 0 saturated heterocycles. The van der Waals surface area contributed by atoms with Crippen molar-refractivity contribution in [3.63, 3.8) is 0 Å². The maximum absolute atomic E-state index is 11.2. The Bertz CT molecular complexity index is 547. The Labute approximate surface area is 104 Å². The molecule has 0 radical (unpaired) electrons. The van der Waals surface area contributed by atoms with E-state index in [9.17, 15) is 9.90 Å². The monoisotopic (exact) mass is 242 g/mol. The van der Waals surface area contributed by atoms with Gasteiger partial charge in [0.15, 0.2) is 6.10 Å². The number of methoxy groups -OCH3 is 1. The predicted octanol–water partition coefficient (Wildman–Crippen LogP) is 1.26. The number of nitrogens with zero attached hydrogens (tertiary/aromatic N) is 2. The van der Waals surface area contributed by atoms with Gasteiger partial charge in [0.25, 0.3) is 0 Å². The third-order valence-corrected chi connectivity index (χ3v) is 2.20. The fourth-order valence-electron chi connectivity index (χ4n) is 1.25. The molecule has 0 spiro atoms. The highest BCUT2D eigenvalue weighted by atomic mass is 16.5. The average Bonchev–Trinajstić information content (AvgIpc) is 2.43. The topological polar surface area (TPSA) is 94.1 Å². The molecule has 1 atom stereocenters. The third kappa shape index (κ3) is 3.18.